The molecule has 0 spiro atoms. The molecule has 0 amide bonds. The van der Waals surface area contributed by atoms with Gasteiger partial charge in [-0.25, -0.2) is 4.98 Å². The van der Waals surface area contributed by atoms with Crippen LogP contribution >= 0.6 is 11.3 Å². The summed E-state index contributed by atoms with van der Waals surface area (Å²) in [4.78, 5) is 16.7. The lowest BCUT2D eigenvalue weighted by atomic mass is 9.75. The van der Waals surface area contributed by atoms with Gasteiger partial charge in [-0.2, -0.15) is 0 Å². The first-order valence-corrected chi connectivity index (χ1v) is 7.26. The number of aromatic nitrogens is 1. The molecule has 1 aliphatic carbocycles. The average Bonchev–Trinajstić information content (AvgIpc) is 2.72. The summed E-state index contributed by atoms with van der Waals surface area (Å²) in [6.45, 7) is 0.497. The molecule has 4 heteroatoms. The molecule has 0 bridgehead atoms. The summed E-state index contributed by atoms with van der Waals surface area (Å²) in [5, 5.41) is 2.84. The van der Waals surface area contributed by atoms with E-state index in [9.17, 15) is 4.79 Å². The normalized spacial score (nSPS) is 19.8. The Balaban J connectivity index is 2.07. The van der Waals surface area contributed by atoms with E-state index in [1.165, 1.54) is 12.8 Å². The zero-order valence-electron chi connectivity index (χ0n) is 10.2. The number of nitrogens with zero attached hydrogens (tertiary/aromatic N) is 1. The molecular weight excluding hydrogens is 232 g/mol. The largest absolute Gasteiger partial charge is 0.329 e. The molecule has 94 valence electrons. The van der Waals surface area contributed by atoms with Crippen molar-refractivity contribution in [3.05, 3.63) is 16.6 Å². The number of ketones is 1. The van der Waals surface area contributed by atoms with Crippen LogP contribution in [-0.2, 0) is 11.2 Å². The van der Waals surface area contributed by atoms with Crippen LogP contribution in [0.2, 0.25) is 0 Å². The average molecular weight is 252 g/mol. The van der Waals surface area contributed by atoms with E-state index < -0.39 is 0 Å². The predicted octanol–water partition coefficient (Wildman–Crippen LogP) is 2.55. The Bertz CT molecular complexity index is 354. The smallest absolute Gasteiger partial charge is 0.147 e. The molecule has 1 aromatic heterocycles. The molecule has 0 unspecified atom stereocenters. The van der Waals surface area contributed by atoms with E-state index in [0.29, 0.717) is 18.7 Å². The standard InChI is InChI=1S/C13H20N2OS/c14-10-13(5-3-1-2-4-6-13)11(16)9-12-15-7-8-17-12/h7-8H,1-6,9-10,14H2. The van der Waals surface area contributed by atoms with Gasteiger partial charge in [-0.1, -0.05) is 25.7 Å². The summed E-state index contributed by atoms with van der Waals surface area (Å²) in [5.41, 5.74) is 5.64. The van der Waals surface area contributed by atoms with E-state index in [-0.39, 0.29) is 5.41 Å². The minimum Gasteiger partial charge on any atom is -0.329 e. The molecule has 3 nitrogen and oxygen atoms in total. The summed E-state index contributed by atoms with van der Waals surface area (Å²) < 4.78 is 0. The number of Topliss-reactive ketones (excluding diaryl/α,β-unsaturated/α-hetero) is 1. The quantitative estimate of drug-likeness (QED) is 0.838. The molecule has 2 N–H and O–H groups in total. The molecule has 2 rings (SSSR count). The number of hydrogen-bond acceptors (Lipinski definition) is 4. The highest BCUT2D eigenvalue weighted by atomic mass is 32.1. The molecule has 1 saturated carbocycles. The van der Waals surface area contributed by atoms with Gasteiger partial charge in [-0.05, 0) is 12.8 Å². The van der Waals surface area contributed by atoms with Crippen LogP contribution in [0, 0.1) is 5.41 Å². The molecule has 0 atom stereocenters. The fourth-order valence-electron chi connectivity index (χ4n) is 2.67. The van der Waals surface area contributed by atoms with Crippen LogP contribution in [0.4, 0.5) is 0 Å². The van der Waals surface area contributed by atoms with Crippen molar-refractivity contribution in [1.29, 1.82) is 0 Å². The molecule has 1 aliphatic rings. The highest BCUT2D eigenvalue weighted by molar-refractivity contribution is 7.09. The minimum atomic E-state index is -0.262. The summed E-state index contributed by atoms with van der Waals surface area (Å²) in [5.74, 6) is 0.303. The highest BCUT2D eigenvalue weighted by Crippen LogP contribution is 2.36. The third-order valence-corrected chi connectivity index (χ3v) is 4.62. The second-order valence-corrected chi connectivity index (χ2v) is 5.90. The van der Waals surface area contributed by atoms with Gasteiger partial charge in [0, 0.05) is 23.5 Å². The summed E-state index contributed by atoms with van der Waals surface area (Å²) >= 11 is 1.56. The fourth-order valence-corrected chi connectivity index (χ4v) is 3.28. The maximum Gasteiger partial charge on any atom is 0.147 e. The Morgan fingerprint density at radius 1 is 1.35 bits per heavy atom. The lowest BCUT2D eigenvalue weighted by molar-refractivity contribution is -0.128. The Labute approximate surface area is 106 Å². The van der Waals surface area contributed by atoms with Crippen LogP contribution in [0.5, 0.6) is 0 Å². The van der Waals surface area contributed by atoms with Gasteiger partial charge in [0.1, 0.15) is 5.78 Å². The highest BCUT2D eigenvalue weighted by Gasteiger charge is 2.36. The van der Waals surface area contributed by atoms with Crippen LogP contribution in [0.25, 0.3) is 0 Å². The topological polar surface area (TPSA) is 56.0 Å². The van der Waals surface area contributed by atoms with E-state index in [0.717, 1.165) is 30.7 Å². The van der Waals surface area contributed by atoms with Gasteiger partial charge in [-0.15, -0.1) is 11.3 Å². The summed E-state index contributed by atoms with van der Waals surface area (Å²) in [6.07, 6.45) is 8.92. The van der Waals surface area contributed by atoms with Crippen molar-refractivity contribution >= 4 is 17.1 Å². The van der Waals surface area contributed by atoms with Crippen LogP contribution in [0.1, 0.15) is 43.5 Å². The van der Waals surface area contributed by atoms with Crippen LogP contribution < -0.4 is 5.73 Å². The van der Waals surface area contributed by atoms with Gasteiger partial charge in [0.2, 0.25) is 0 Å². The van der Waals surface area contributed by atoms with E-state index in [2.05, 4.69) is 4.98 Å². The predicted molar refractivity (Wildman–Crippen MR) is 70.0 cm³/mol. The first-order valence-electron chi connectivity index (χ1n) is 6.39. The molecule has 1 fully saturated rings. The van der Waals surface area contributed by atoms with E-state index in [1.54, 1.807) is 17.5 Å². The van der Waals surface area contributed by atoms with Gasteiger partial charge in [-0.3, -0.25) is 4.79 Å². The third-order valence-electron chi connectivity index (χ3n) is 3.84. The van der Waals surface area contributed by atoms with Crippen molar-refractivity contribution in [2.24, 2.45) is 11.1 Å². The number of carbonyl (C=O) groups is 1. The zero-order valence-corrected chi connectivity index (χ0v) is 11.0. The van der Waals surface area contributed by atoms with Crippen molar-refractivity contribution in [1.82, 2.24) is 4.98 Å². The number of thiazole rings is 1. The molecular formula is C13H20N2OS. The van der Waals surface area contributed by atoms with Crippen LogP contribution in [0.15, 0.2) is 11.6 Å². The minimum absolute atomic E-state index is 0.262. The zero-order chi connectivity index (χ0) is 12.1. The molecule has 1 aromatic rings. The molecule has 0 aliphatic heterocycles. The first kappa shape index (κ1) is 12.7. The Kier molecular flexibility index (Phi) is 4.29. The molecule has 0 saturated heterocycles. The fraction of sp³-hybridized carbons (Fsp3) is 0.692. The number of hydrogen-bond donors (Lipinski definition) is 1. The Morgan fingerprint density at radius 3 is 2.59 bits per heavy atom. The molecule has 0 aromatic carbocycles. The van der Waals surface area contributed by atoms with E-state index >= 15 is 0 Å². The maximum absolute atomic E-state index is 12.5. The van der Waals surface area contributed by atoms with Crippen LogP contribution in [0.3, 0.4) is 0 Å². The van der Waals surface area contributed by atoms with E-state index in [1.807, 2.05) is 5.38 Å². The van der Waals surface area contributed by atoms with Crippen molar-refractivity contribution in [2.45, 2.75) is 44.9 Å². The SMILES string of the molecule is NCC1(C(=O)Cc2nccs2)CCCCCC1. The lowest BCUT2D eigenvalue weighted by Gasteiger charge is -2.29. The third kappa shape index (κ3) is 2.93. The second-order valence-electron chi connectivity index (χ2n) is 4.92. The van der Waals surface area contributed by atoms with Crippen molar-refractivity contribution in [3.63, 3.8) is 0 Å². The Hall–Kier alpha value is -0.740. The monoisotopic (exact) mass is 252 g/mol. The number of carbonyl (C=O) groups excluding carboxylic acids is 1. The van der Waals surface area contributed by atoms with Crippen LogP contribution in [-0.4, -0.2) is 17.3 Å². The Morgan fingerprint density at radius 2 is 2.06 bits per heavy atom. The van der Waals surface area contributed by atoms with E-state index in [4.69, 9.17) is 5.73 Å². The second kappa shape index (κ2) is 5.74. The maximum atomic E-state index is 12.5. The molecule has 17 heavy (non-hydrogen) atoms. The number of nitrogens with two attached hydrogens (primary N) is 1. The van der Waals surface area contributed by atoms with Crippen molar-refractivity contribution in [2.75, 3.05) is 6.54 Å². The van der Waals surface area contributed by atoms with Gasteiger partial charge in [0.25, 0.3) is 0 Å². The van der Waals surface area contributed by atoms with Crippen molar-refractivity contribution in [3.8, 4) is 0 Å². The van der Waals surface area contributed by atoms with Crippen molar-refractivity contribution < 1.29 is 4.79 Å². The first-order chi connectivity index (χ1) is 8.27. The molecule has 1 heterocycles. The molecule has 0 radical (unpaired) electrons. The summed E-state index contributed by atoms with van der Waals surface area (Å²) in [7, 11) is 0. The summed E-state index contributed by atoms with van der Waals surface area (Å²) in [6, 6.07) is 0. The van der Waals surface area contributed by atoms with Gasteiger partial charge >= 0.3 is 0 Å². The lowest BCUT2D eigenvalue weighted by Crippen LogP contribution is -2.39. The van der Waals surface area contributed by atoms with Gasteiger partial charge < -0.3 is 5.73 Å². The number of rotatable bonds is 4. The van der Waals surface area contributed by atoms with Gasteiger partial charge in [0.15, 0.2) is 0 Å². The van der Waals surface area contributed by atoms with Gasteiger partial charge in [0.05, 0.1) is 11.4 Å².